The predicted octanol–water partition coefficient (Wildman–Crippen LogP) is 4.39. The van der Waals surface area contributed by atoms with Crippen LogP contribution in [0, 0.1) is 11.8 Å². The molecule has 4 rings (SSSR count). The molecule has 0 bridgehead atoms. The molecular weight excluding hydrogens is 366 g/mol. The minimum Gasteiger partial charge on any atom is -0.268 e. The Bertz CT molecular complexity index is 841. The van der Waals surface area contributed by atoms with E-state index in [0.717, 1.165) is 24.1 Å². The first-order valence-electron chi connectivity index (χ1n) is 9.58. The number of rotatable bonds is 4. The van der Waals surface area contributed by atoms with E-state index < -0.39 is 10.0 Å². The molecule has 1 saturated heterocycles. The number of thiophene rings is 1. The number of piperidine rings is 1. The maximum atomic E-state index is 13.5. The van der Waals surface area contributed by atoms with Gasteiger partial charge in [-0.2, -0.15) is 9.40 Å². The lowest BCUT2D eigenvalue weighted by atomic mass is 9.94. The number of nitrogens with zero attached hydrogens (tertiary/aromatic N) is 3. The Hall–Kier alpha value is -1.18. The molecule has 0 aromatic carbocycles. The Balaban J connectivity index is 1.76. The van der Waals surface area contributed by atoms with E-state index in [0.29, 0.717) is 41.6 Å². The SMILES string of the molecule is CC1CC(C)CN(S(=O)(=O)c2cn(C3CCCC3)nc2-c2cccs2)C1. The molecule has 1 saturated carbocycles. The summed E-state index contributed by atoms with van der Waals surface area (Å²) in [4.78, 5) is 1.31. The first-order chi connectivity index (χ1) is 12.4. The Morgan fingerprint density at radius 1 is 1.15 bits per heavy atom. The van der Waals surface area contributed by atoms with Gasteiger partial charge in [-0.1, -0.05) is 32.8 Å². The summed E-state index contributed by atoms with van der Waals surface area (Å²) < 4.78 is 30.6. The van der Waals surface area contributed by atoms with E-state index in [9.17, 15) is 8.42 Å². The standard InChI is InChI=1S/C19H27N3O2S2/c1-14-10-15(2)12-21(11-14)26(23,24)18-13-22(16-6-3-4-7-16)20-19(18)17-8-5-9-25-17/h5,8-9,13-16H,3-4,6-7,10-12H2,1-2H3. The number of aromatic nitrogens is 2. The third-order valence-electron chi connectivity index (χ3n) is 5.60. The lowest BCUT2D eigenvalue weighted by Crippen LogP contribution is -2.42. The summed E-state index contributed by atoms with van der Waals surface area (Å²) in [5.74, 6) is 0.784. The van der Waals surface area contributed by atoms with Gasteiger partial charge in [0, 0.05) is 19.3 Å². The molecular formula is C19H27N3O2S2. The fourth-order valence-electron chi connectivity index (χ4n) is 4.44. The Labute approximate surface area is 160 Å². The molecule has 5 nitrogen and oxygen atoms in total. The van der Waals surface area contributed by atoms with Gasteiger partial charge in [0.05, 0.1) is 10.9 Å². The predicted molar refractivity (Wildman–Crippen MR) is 105 cm³/mol. The van der Waals surface area contributed by atoms with Crippen LogP contribution in [0.2, 0.25) is 0 Å². The van der Waals surface area contributed by atoms with E-state index in [1.165, 1.54) is 12.8 Å². The second-order valence-electron chi connectivity index (χ2n) is 8.01. The summed E-state index contributed by atoms with van der Waals surface area (Å²) in [5.41, 5.74) is 0.623. The summed E-state index contributed by atoms with van der Waals surface area (Å²) in [5, 5.41) is 6.73. The lowest BCUT2D eigenvalue weighted by Gasteiger charge is -2.33. The topological polar surface area (TPSA) is 55.2 Å². The van der Waals surface area contributed by atoms with Crippen LogP contribution in [-0.2, 0) is 10.0 Å². The molecule has 26 heavy (non-hydrogen) atoms. The summed E-state index contributed by atoms with van der Waals surface area (Å²) in [6.45, 7) is 5.48. The third-order valence-corrected chi connectivity index (χ3v) is 8.31. The van der Waals surface area contributed by atoms with Crippen LogP contribution < -0.4 is 0 Å². The highest BCUT2D eigenvalue weighted by Gasteiger charge is 2.35. The van der Waals surface area contributed by atoms with Crippen LogP contribution in [0.4, 0.5) is 0 Å². The van der Waals surface area contributed by atoms with Crippen LogP contribution in [0.25, 0.3) is 10.6 Å². The first-order valence-corrected chi connectivity index (χ1v) is 11.9. The molecule has 0 radical (unpaired) electrons. The van der Waals surface area contributed by atoms with Crippen LogP contribution in [0.1, 0.15) is 52.0 Å². The van der Waals surface area contributed by atoms with Crippen LogP contribution in [0.15, 0.2) is 28.6 Å². The van der Waals surface area contributed by atoms with E-state index in [1.807, 2.05) is 22.2 Å². The van der Waals surface area contributed by atoms with E-state index in [2.05, 4.69) is 13.8 Å². The zero-order valence-corrected chi connectivity index (χ0v) is 17.1. The molecule has 142 valence electrons. The zero-order valence-electron chi connectivity index (χ0n) is 15.5. The second kappa shape index (κ2) is 7.09. The maximum absolute atomic E-state index is 13.5. The van der Waals surface area contributed by atoms with Gasteiger partial charge in [0.2, 0.25) is 10.0 Å². The molecule has 2 atom stereocenters. The van der Waals surface area contributed by atoms with Crippen molar-refractivity contribution in [2.24, 2.45) is 11.8 Å². The summed E-state index contributed by atoms with van der Waals surface area (Å²) in [7, 11) is -3.54. The summed E-state index contributed by atoms with van der Waals surface area (Å²) in [6, 6.07) is 4.25. The van der Waals surface area contributed by atoms with Crippen molar-refractivity contribution in [3.8, 4) is 10.6 Å². The van der Waals surface area contributed by atoms with Gasteiger partial charge in [-0.3, -0.25) is 4.68 Å². The molecule has 0 N–H and O–H groups in total. The zero-order chi connectivity index (χ0) is 18.3. The van der Waals surface area contributed by atoms with Crippen molar-refractivity contribution in [3.05, 3.63) is 23.7 Å². The van der Waals surface area contributed by atoms with Crippen LogP contribution in [-0.4, -0.2) is 35.6 Å². The number of sulfonamides is 1. The van der Waals surface area contributed by atoms with Crippen molar-refractivity contribution in [2.45, 2.75) is 56.9 Å². The molecule has 2 aromatic rings. The highest BCUT2D eigenvalue weighted by molar-refractivity contribution is 7.89. The molecule has 2 unspecified atom stereocenters. The molecule has 3 heterocycles. The highest BCUT2D eigenvalue weighted by atomic mass is 32.2. The largest absolute Gasteiger partial charge is 0.268 e. The monoisotopic (exact) mass is 393 g/mol. The van der Waals surface area contributed by atoms with Crippen LogP contribution in [0.5, 0.6) is 0 Å². The molecule has 7 heteroatoms. The number of hydrogen-bond donors (Lipinski definition) is 0. The number of hydrogen-bond acceptors (Lipinski definition) is 4. The van der Waals surface area contributed by atoms with Gasteiger partial charge >= 0.3 is 0 Å². The quantitative estimate of drug-likeness (QED) is 0.774. The molecule has 0 spiro atoms. The average molecular weight is 394 g/mol. The fraction of sp³-hybridized carbons (Fsp3) is 0.632. The van der Waals surface area contributed by atoms with Gasteiger partial charge in [0.15, 0.2) is 0 Å². The second-order valence-corrected chi connectivity index (χ2v) is 10.9. The lowest BCUT2D eigenvalue weighted by molar-refractivity contribution is 0.222. The minimum atomic E-state index is -3.54. The molecule has 2 aromatic heterocycles. The smallest absolute Gasteiger partial charge is 0.246 e. The Morgan fingerprint density at radius 3 is 2.46 bits per heavy atom. The minimum absolute atomic E-state index is 0.330. The molecule has 2 aliphatic rings. The van der Waals surface area contributed by atoms with Crippen molar-refractivity contribution < 1.29 is 8.42 Å². The maximum Gasteiger partial charge on any atom is 0.246 e. The van der Waals surface area contributed by atoms with Crippen molar-refractivity contribution in [1.82, 2.24) is 14.1 Å². The Kier molecular flexibility index (Phi) is 4.96. The van der Waals surface area contributed by atoms with Crippen LogP contribution in [0.3, 0.4) is 0 Å². The first kappa shape index (κ1) is 18.2. The third kappa shape index (κ3) is 3.37. The highest BCUT2D eigenvalue weighted by Crippen LogP contribution is 2.37. The van der Waals surface area contributed by atoms with E-state index >= 15 is 0 Å². The molecule has 2 fully saturated rings. The average Bonchev–Trinajstić information content (AvgIpc) is 3.33. The van der Waals surface area contributed by atoms with E-state index in [4.69, 9.17) is 5.10 Å². The van der Waals surface area contributed by atoms with Gasteiger partial charge in [-0.25, -0.2) is 8.42 Å². The van der Waals surface area contributed by atoms with Crippen molar-refractivity contribution in [1.29, 1.82) is 0 Å². The molecule has 1 aliphatic carbocycles. The normalized spacial score (nSPS) is 25.8. The van der Waals surface area contributed by atoms with Gasteiger partial charge in [0.1, 0.15) is 10.6 Å². The summed E-state index contributed by atoms with van der Waals surface area (Å²) >= 11 is 1.55. The van der Waals surface area contributed by atoms with Gasteiger partial charge in [0.25, 0.3) is 0 Å². The van der Waals surface area contributed by atoms with Crippen LogP contribution >= 0.6 is 11.3 Å². The van der Waals surface area contributed by atoms with Crippen molar-refractivity contribution in [3.63, 3.8) is 0 Å². The molecule has 1 aliphatic heterocycles. The fourth-order valence-corrected chi connectivity index (χ4v) is 7.05. The van der Waals surface area contributed by atoms with Crippen molar-refractivity contribution in [2.75, 3.05) is 13.1 Å². The van der Waals surface area contributed by atoms with E-state index in [-0.39, 0.29) is 0 Å². The van der Waals surface area contributed by atoms with Gasteiger partial charge in [-0.05, 0) is 42.5 Å². The van der Waals surface area contributed by atoms with E-state index in [1.54, 1.807) is 21.8 Å². The van der Waals surface area contributed by atoms with Gasteiger partial charge < -0.3 is 0 Å². The summed E-state index contributed by atoms with van der Waals surface area (Å²) in [6.07, 6.45) is 7.45. The van der Waals surface area contributed by atoms with Crippen molar-refractivity contribution >= 4 is 21.4 Å². The van der Waals surface area contributed by atoms with Gasteiger partial charge in [-0.15, -0.1) is 11.3 Å². The Morgan fingerprint density at radius 2 is 1.85 bits per heavy atom. The molecule has 0 amide bonds.